The molecule has 202 valence electrons. The normalized spacial score (nSPS) is 17.3. The van der Waals surface area contributed by atoms with Gasteiger partial charge >= 0.3 is 0 Å². The summed E-state index contributed by atoms with van der Waals surface area (Å²) in [6.07, 6.45) is 2.89. The monoisotopic (exact) mass is 561 g/mol. The number of para-hydroxylation sites is 1. The Morgan fingerprint density at radius 3 is 2.44 bits per heavy atom. The standard InChI is InChI=1S/C29H31N5O3S2/c1-18-10-6-7-12-25(18)33-19(2)16-22(20(33)3)28-27(23-11-8-9-15-30-23)31-29(38)34(28)21-13-14-26(37-4)24(17-21)32-39(5,35)36/h6-17,27-28,32H,1-5H3,(H,31,38)/t27-,28+/m1/s1. The number of benzene rings is 2. The summed E-state index contributed by atoms with van der Waals surface area (Å²) in [5.41, 5.74) is 7.50. The number of pyridine rings is 1. The van der Waals surface area contributed by atoms with Crippen molar-refractivity contribution in [3.8, 4) is 11.4 Å². The number of aromatic nitrogens is 2. The second-order valence-corrected chi connectivity index (χ2v) is 11.8. The highest BCUT2D eigenvalue weighted by Gasteiger charge is 2.42. The molecular weight excluding hydrogens is 530 g/mol. The van der Waals surface area contributed by atoms with E-state index in [-0.39, 0.29) is 12.1 Å². The number of aryl methyl sites for hydroxylation is 2. The van der Waals surface area contributed by atoms with Crippen LogP contribution in [0.15, 0.2) is 72.9 Å². The molecule has 0 amide bonds. The van der Waals surface area contributed by atoms with Crippen LogP contribution in [0.3, 0.4) is 0 Å². The van der Waals surface area contributed by atoms with E-state index in [1.165, 1.54) is 12.7 Å². The van der Waals surface area contributed by atoms with Gasteiger partial charge in [-0.1, -0.05) is 24.3 Å². The smallest absolute Gasteiger partial charge is 0.229 e. The number of ether oxygens (including phenoxy) is 1. The van der Waals surface area contributed by atoms with E-state index >= 15 is 0 Å². The van der Waals surface area contributed by atoms with Gasteiger partial charge in [0.1, 0.15) is 5.75 Å². The van der Waals surface area contributed by atoms with E-state index in [0.717, 1.165) is 40.3 Å². The van der Waals surface area contributed by atoms with Crippen molar-refractivity contribution >= 4 is 38.7 Å². The first kappa shape index (κ1) is 26.7. The molecule has 4 aromatic rings. The van der Waals surface area contributed by atoms with Gasteiger partial charge in [-0.2, -0.15) is 0 Å². The van der Waals surface area contributed by atoms with E-state index in [1.807, 2.05) is 41.3 Å². The molecule has 3 heterocycles. The summed E-state index contributed by atoms with van der Waals surface area (Å²) >= 11 is 5.90. The molecular formula is C29H31N5O3S2. The van der Waals surface area contributed by atoms with Gasteiger partial charge in [-0.15, -0.1) is 0 Å². The molecule has 2 aromatic heterocycles. The average Bonchev–Trinajstić information content (AvgIpc) is 3.39. The van der Waals surface area contributed by atoms with E-state index < -0.39 is 10.0 Å². The Balaban J connectivity index is 1.69. The van der Waals surface area contributed by atoms with Gasteiger partial charge < -0.3 is 19.5 Å². The van der Waals surface area contributed by atoms with Crippen LogP contribution in [-0.2, 0) is 10.0 Å². The molecule has 1 fully saturated rings. The third kappa shape index (κ3) is 5.09. The quantitative estimate of drug-likeness (QED) is 0.294. The zero-order valence-corrected chi connectivity index (χ0v) is 24.1. The highest BCUT2D eigenvalue weighted by Crippen LogP contribution is 2.45. The number of rotatable bonds is 7. The van der Waals surface area contributed by atoms with E-state index in [9.17, 15) is 8.42 Å². The van der Waals surface area contributed by atoms with E-state index in [1.54, 1.807) is 18.3 Å². The summed E-state index contributed by atoms with van der Waals surface area (Å²) in [5.74, 6) is 0.415. The maximum absolute atomic E-state index is 12.1. The Morgan fingerprint density at radius 2 is 1.77 bits per heavy atom. The Morgan fingerprint density at radius 1 is 1.03 bits per heavy atom. The van der Waals surface area contributed by atoms with Crippen molar-refractivity contribution in [1.82, 2.24) is 14.9 Å². The third-order valence-corrected chi connectivity index (χ3v) is 7.91. The number of thiocarbonyl (C=S) groups is 1. The number of anilines is 2. The predicted molar refractivity (Wildman–Crippen MR) is 159 cm³/mol. The minimum absolute atomic E-state index is 0.238. The second-order valence-electron chi connectivity index (χ2n) is 9.70. The van der Waals surface area contributed by atoms with E-state index in [4.69, 9.17) is 17.0 Å². The topological polar surface area (TPSA) is 88.5 Å². The maximum Gasteiger partial charge on any atom is 0.229 e. The molecule has 10 heteroatoms. The first-order chi connectivity index (χ1) is 18.6. The van der Waals surface area contributed by atoms with Crippen molar-refractivity contribution in [2.24, 2.45) is 0 Å². The van der Waals surface area contributed by atoms with Crippen LogP contribution in [0.1, 0.15) is 40.3 Å². The summed E-state index contributed by atoms with van der Waals surface area (Å²) in [6, 6.07) is 21.2. The largest absolute Gasteiger partial charge is 0.495 e. The van der Waals surface area contributed by atoms with Crippen LogP contribution in [0, 0.1) is 20.8 Å². The summed E-state index contributed by atoms with van der Waals surface area (Å²) in [4.78, 5) is 6.69. The molecule has 0 unspecified atom stereocenters. The highest BCUT2D eigenvalue weighted by atomic mass is 32.2. The van der Waals surface area contributed by atoms with Crippen LogP contribution >= 0.6 is 12.2 Å². The van der Waals surface area contributed by atoms with Crippen molar-refractivity contribution in [3.63, 3.8) is 0 Å². The van der Waals surface area contributed by atoms with Gasteiger partial charge in [-0.05, 0) is 86.6 Å². The fourth-order valence-corrected chi connectivity index (χ4v) is 6.25. The van der Waals surface area contributed by atoms with Crippen molar-refractivity contribution in [1.29, 1.82) is 0 Å². The molecule has 0 radical (unpaired) electrons. The Hall–Kier alpha value is -3.89. The molecule has 5 rings (SSSR count). The van der Waals surface area contributed by atoms with Crippen LogP contribution in [0.4, 0.5) is 11.4 Å². The zero-order valence-electron chi connectivity index (χ0n) is 22.5. The minimum atomic E-state index is -3.54. The van der Waals surface area contributed by atoms with Gasteiger partial charge in [0.25, 0.3) is 0 Å². The van der Waals surface area contributed by atoms with Crippen molar-refractivity contribution in [3.05, 3.63) is 101 Å². The van der Waals surface area contributed by atoms with Crippen molar-refractivity contribution < 1.29 is 13.2 Å². The molecule has 2 aromatic carbocycles. The van der Waals surface area contributed by atoms with E-state index in [2.05, 4.69) is 58.6 Å². The van der Waals surface area contributed by atoms with Gasteiger partial charge in [0.05, 0.1) is 36.8 Å². The second kappa shape index (κ2) is 10.3. The van der Waals surface area contributed by atoms with Gasteiger partial charge in [-0.3, -0.25) is 9.71 Å². The number of hydrogen-bond donors (Lipinski definition) is 2. The number of nitrogens with zero attached hydrogens (tertiary/aromatic N) is 3. The SMILES string of the molecule is COc1ccc(N2C(=S)N[C@H](c3ccccn3)[C@@H]2c2cc(C)n(-c3ccccc3C)c2C)cc1NS(C)(=O)=O. The first-order valence-electron chi connectivity index (χ1n) is 12.5. The summed E-state index contributed by atoms with van der Waals surface area (Å²) in [7, 11) is -2.03. The van der Waals surface area contributed by atoms with Crippen LogP contribution < -0.4 is 19.7 Å². The molecule has 1 aliphatic heterocycles. The molecule has 0 saturated carbocycles. The lowest BCUT2D eigenvalue weighted by molar-refractivity contribution is 0.417. The Labute approximate surface area is 234 Å². The van der Waals surface area contributed by atoms with Gasteiger partial charge in [0.15, 0.2) is 5.11 Å². The van der Waals surface area contributed by atoms with Gasteiger partial charge in [0.2, 0.25) is 10.0 Å². The van der Waals surface area contributed by atoms with E-state index in [0.29, 0.717) is 16.5 Å². The Bertz CT molecular complexity index is 1650. The summed E-state index contributed by atoms with van der Waals surface area (Å²) in [6.45, 7) is 6.33. The fourth-order valence-electron chi connectivity index (χ4n) is 5.35. The molecule has 1 saturated heterocycles. The van der Waals surface area contributed by atoms with Crippen molar-refractivity contribution in [2.75, 3.05) is 23.0 Å². The van der Waals surface area contributed by atoms with Gasteiger partial charge in [0, 0.05) is 29.0 Å². The van der Waals surface area contributed by atoms with Crippen LogP contribution in [0.25, 0.3) is 5.69 Å². The molecule has 0 aliphatic carbocycles. The molecule has 2 N–H and O–H groups in total. The number of nitrogens with one attached hydrogen (secondary N) is 2. The molecule has 2 atom stereocenters. The molecule has 8 nitrogen and oxygen atoms in total. The zero-order chi connectivity index (χ0) is 27.9. The maximum atomic E-state index is 12.1. The first-order valence-corrected chi connectivity index (χ1v) is 14.8. The lowest BCUT2D eigenvalue weighted by Crippen LogP contribution is -2.29. The molecule has 0 spiro atoms. The Kier molecular flexibility index (Phi) is 7.09. The van der Waals surface area contributed by atoms with Crippen LogP contribution in [0.2, 0.25) is 0 Å². The van der Waals surface area contributed by atoms with Crippen molar-refractivity contribution in [2.45, 2.75) is 32.9 Å². The predicted octanol–water partition coefficient (Wildman–Crippen LogP) is 5.35. The fraction of sp³-hybridized carbons (Fsp3) is 0.241. The molecule has 1 aliphatic rings. The molecule has 39 heavy (non-hydrogen) atoms. The third-order valence-electron chi connectivity index (χ3n) is 7.00. The van der Waals surface area contributed by atoms with Crippen LogP contribution in [0.5, 0.6) is 5.75 Å². The lowest BCUT2D eigenvalue weighted by Gasteiger charge is -2.29. The average molecular weight is 562 g/mol. The summed E-state index contributed by atoms with van der Waals surface area (Å²) in [5, 5.41) is 4.01. The highest BCUT2D eigenvalue weighted by molar-refractivity contribution is 7.92. The number of methoxy groups -OCH3 is 1. The number of sulfonamides is 1. The summed E-state index contributed by atoms with van der Waals surface area (Å²) < 4.78 is 34.5. The minimum Gasteiger partial charge on any atom is -0.495 e. The number of hydrogen-bond acceptors (Lipinski definition) is 5. The molecule has 0 bridgehead atoms. The van der Waals surface area contributed by atoms with Crippen LogP contribution in [-0.4, -0.2) is 36.4 Å². The lowest BCUT2D eigenvalue weighted by atomic mass is 9.96. The van der Waals surface area contributed by atoms with Gasteiger partial charge in [-0.25, -0.2) is 8.42 Å².